The minimum absolute atomic E-state index is 0.00831. The summed E-state index contributed by atoms with van der Waals surface area (Å²) in [7, 11) is 5.47. The van der Waals surface area contributed by atoms with Crippen molar-refractivity contribution >= 4 is 45.0 Å². The normalized spacial score (nSPS) is 20.3. The van der Waals surface area contributed by atoms with E-state index in [1.54, 1.807) is 16.2 Å². The number of likely N-dealkylation sites (N-methyl/N-ethyl adjacent to an activating group) is 1. The van der Waals surface area contributed by atoms with Gasteiger partial charge in [-0.2, -0.15) is 0 Å². The second kappa shape index (κ2) is 11.1. The molecule has 0 radical (unpaired) electrons. The Labute approximate surface area is 236 Å². The molecule has 212 valence electrons. The van der Waals surface area contributed by atoms with Gasteiger partial charge >= 0.3 is 11.8 Å². The maximum absolute atomic E-state index is 13.5. The molecule has 3 amide bonds. The zero-order chi connectivity index (χ0) is 28.6. The number of rotatable bonds is 7. The molecular weight excluding hydrogens is 532 g/mol. The highest BCUT2D eigenvalue weighted by Crippen LogP contribution is 2.40. The highest BCUT2D eigenvalue weighted by molar-refractivity contribution is 7.18. The van der Waals surface area contributed by atoms with Crippen LogP contribution in [0.25, 0.3) is 10.2 Å². The smallest absolute Gasteiger partial charge is 0.313 e. The third-order valence-electron chi connectivity index (χ3n) is 7.47. The average molecular weight is 567 g/mol. The van der Waals surface area contributed by atoms with E-state index in [1.165, 1.54) is 19.4 Å². The van der Waals surface area contributed by atoms with E-state index in [1.807, 2.05) is 12.1 Å². The number of carbonyl (C=O) groups excluding carboxylic acids is 3. The molecule has 12 heteroatoms. The summed E-state index contributed by atoms with van der Waals surface area (Å²) >= 11 is 1.69. The lowest BCUT2D eigenvalue weighted by molar-refractivity contribution is -0.146. The zero-order valence-electron chi connectivity index (χ0n) is 23.1. The van der Waals surface area contributed by atoms with E-state index in [0.717, 1.165) is 40.2 Å². The number of nitrogens with zero attached hydrogens (tertiary/aromatic N) is 4. The molecular formula is C28H34N6O5S. The number of primary amides is 1. The highest BCUT2D eigenvalue weighted by atomic mass is 32.1. The largest absolute Gasteiger partial charge is 0.480 e. The molecule has 3 N–H and O–H groups in total. The van der Waals surface area contributed by atoms with Gasteiger partial charge in [0.05, 0.1) is 53.9 Å². The summed E-state index contributed by atoms with van der Waals surface area (Å²) in [6, 6.07) is 7.22. The van der Waals surface area contributed by atoms with Crippen molar-refractivity contribution in [2.24, 2.45) is 11.7 Å². The molecule has 2 aliphatic heterocycles. The van der Waals surface area contributed by atoms with Gasteiger partial charge in [-0.05, 0) is 56.6 Å². The first kappa shape index (κ1) is 27.9. The number of hydrogen-bond donors (Lipinski definition) is 2. The number of likely N-dealkylation sites (tertiary alicyclic amines) is 1. The number of carbonyl (C=O) groups is 3. The first-order valence-electron chi connectivity index (χ1n) is 13.2. The summed E-state index contributed by atoms with van der Waals surface area (Å²) in [4.78, 5) is 51.1. The van der Waals surface area contributed by atoms with Gasteiger partial charge in [0.25, 0.3) is 5.91 Å². The third kappa shape index (κ3) is 5.38. The van der Waals surface area contributed by atoms with Crippen LogP contribution in [0.4, 0.5) is 5.69 Å². The molecule has 5 rings (SSSR count). The van der Waals surface area contributed by atoms with E-state index in [2.05, 4.69) is 42.3 Å². The van der Waals surface area contributed by atoms with Crippen molar-refractivity contribution in [2.45, 2.75) is 31.2 Å². The Bertz CT molecular complexity index is 1450. The Balaban J connectivity index is 1.38. The monoisotopic (exact) mass is 566 g/mol. The molecule has 1 aromatic carbocycles. The van der Waals surface area contributed by atoms with E-state index in [0.29, 0.717) is 19.8 Å². The van der Waals surface area contributed by atoms with Crippen LogP contribution >= 0.6 is 11.3 Å². The predicted octanol–water partition coefficient (Wildman–Crippen LogP) is 2.57. The number of thiazole rings is 1. The Morgan fingerprint density at radius 3 is 2.67 bits per heavy atom. The van der Waals surface area contributed by atoms with E-state index in [9.17, 15) is 14.4 Å². The van der Waals surface area contributed by atoms with E-state index < -0.39 is 17.7 Å². The van der Waals surface area contributed by atoms with Crippen molar-refractivity contribution < 1.29 is 23.9 Å². The van der Waals surface area contributed by atoms with Crippen LogP contribution in [0.2, 0.25) is 0 Å². The van der Waals surface area contributed by atoms with Crippen LogP contribution in [0.1, 0.15) is 46.7 Å². The molecule has 0 spiro atoms. The zero-order valence-corrected chi connectivity index (χ0v) is 23.9. The van der Waals surface area contributed by atoms with Gasteiger partial charge in [0.2, 0.25) is 5.88 Å². The van der Waals surface area contributed by atoms with Gasteiger partial charge in [-0.15, -0.1) is 11.3 Å². The van der Waals surface area contributed by atoms with Crippen LogP contribution in [-0.4, -0.2) is 85.0 Å². The van der Waals surface area contributed by atoms with Crippen LogP contribution in [0.5, 0.6) is 5.88 Å². The molecule has 2 aliphatic rings. The van der Waals surface area contributed by atoms with Crippen LogP contribution in [-0.2, 0) is 19.7 Å². The summed E-state index contributed by atoms with van der Waals surface area (Å²) in [5.74, 6) is -1.93. The molecule has 11 nitrogen and oxygen atoms in total. The molecule has 0 aliphatic carbocycles. The summed E-state index contributed by atoms with van der Waals surface area (Å²) in [6.07, 6.45) is 2.98. The number of nitrogens with one attached hydrogen (secondary N) is 1. The number of benzene rings is 1. The molecule has 2 fully saturated rings. The van der Waals surface area contributed by atoms with Crippen LogP contribution in [0, 0.1) is 5.92 Å². The molecule has 1 unspecified atom stereocenters. The number of pyridine rings is 1. The molecule has 2 atom stereocenters. The molecule has 0 bridgehead atoms. The average Bonchev–Trinajstić information content (AvgIpc) is 3.33. The topological polar surface area (TPSA) is 140 Å². The number of fused-ring (bicyclic) bond motifs is 1. The molecule has 2 saturated heterocycles. The SMILES string of the molecule is COc1ncc(NC(=O)C(=O)N2C[C@@H](C)CCC2c2ccc3sc(C4(CN(C)C)COC4)nc3c2)cc1C(N)=O. The third-order valence-corrected chi connectivity index (χ3v) is 8.75. The number of amides is 3. The Morgan fingerprint density at radius 2 is 2.02 bits per heavy atom. The maximum Gasteiger partial charge on any atom is 0.313 e. The predicted molar refractivity (Wildman–Crippen MR) is 151 cm³/mol. The maximum atomic E-state index is 13.5. The second-order valence-electron chi connectivity index (χ2n) is 11.0. The minimum Gasteiger partial charge on any atom is -0.480 e. The summed E-state index contributed by atoms with van der Waals surface area (Å²) in [5, 5.41) is 3.63. The van der Waals surface area contributed by atoms with Crippen molar-refractivity contribution in [3.05, 3.63) is 46.6 Å². The summed E-state index contributed by atoms with van der Waals surface area (Å²) in [6.45, 7) is 4.69. The second-order valence-corrected chi connectivity index (χ2v) is 12.0. The lowest BCUT2D eigenvalue weighted by atomic mass is 9.86. The van der Waals surface area contributed by atoms with Crippen molar-refractivity contribution in [2.75, 3.05) is 52.8 Å². The standard InChI is InChI=1S/C28H34N6O5S/c1-16-5-7-21(17-6-8-22-20(9-17)32-27(40-22)28(13-33(2)3)14-39-15-28)34(12-16)26(37)24(36)31-18-10-19(23(29)35)25(38-4)30-11-18/h6,8-11,16,21H,5,7,12-15H2,1-4H3,(H2,29,35)(H,31,36)/t16-,21?/m0/s1. The van der Waals surface area contributed by atoms with Crippen molar-refractivity contribution in [1.82, 2.24) is 19.8 Å². The van der Waals surface area contributed by atoms with Gasteiger partial charge < -0.3 is 30.3 Å². The van der Waals surface area contributed by atoms with E-state index in [4.69, 9.17) is 20.2 Å². The van der Waals surface area contributed by atoms with Gasteiger partial charge in [0.1, 0.15) is 10.6 Å². The van der Waals surface area contributed by atoms with Crippen LogP contribution < -0.4 is 15.8 Å². The Morgan fingerprint density at radius 1 is 1.25 bits per heavy atom. The molecule has 0 saturated carbocycles. The summed E-state index contributed by atoms with van der Waals surface area (Å²) < 4.78 is 11.7. The number of nitrogens with two attached hydrogens (primary N) is 1. The van der Waals surface area contributed by atoms with Crippen molar-refractivity contribution in [1.29, 1.82) is 0 Å². The lowest BCUT2D eigenvalue weighted by Gasteiger charge is -2.41. The Hall–Kier alpha value is -3.61. The first-order valence-corrected chi connectivity index (χ1v) is 14.0. The van der Waals surface area contributed by atoms with Gasteiger partial charge in [0, 0.05) is 13.1 Å². The van der Waals surface area contributed by atoms with Gasteiger partial charge in [-0.1, -0.05) is 13.0 Å². The minimum atomic E-state index is -0.811. The fraction of sp³-hybridized carbons (Fsp3) is 0.464. The molecule has 2 aromatic heterocycles. The summed E-state index contributed by atoms with van der Waals surface area (Å²) in [5.41, 5.74) is 7.33. The van der Waals surface area contributed by atoms with Gasteiger partial charge in [-0.25, -0.2) is 9.97 Å². The lowest BCUT2D eigenvalue weighted by Crippen LogP contribution is -2.53. The fourth-order valence-electron chi connectivity index (χ4n) is 5.51. The van der Waals surface area contributed by atoms with E-state index in [-0.39, 0.29) is 34.5 Å². The van der Waals surface area contributed by atoms with Crippen molar-refractivity contribution in [3.63, 3.8) is 0 Å². The van der Waals surface area contributed by atoms with Gasteiger partial charge in [-0.3, -0.25) is 14.4 Å². The molecule has 4 heterocycles. The quantitative estimate of drug-likeness (QED) is 0.416. The number of methoxy groups -OCH3 is 1. The van der Waals surface area contributed by atoms with E-state index >= 15 is 0 Å². The fourth-order valence-corrected chi connectivity index (χ4v) is 6.61. The molecule has 40 heavy (non-hydrogen) atoms. The number of ether oxygens (including phenoxy) is 2. The number of aromatic nitrogens is 2. The molecule has 3 aromatic rings. The number of anilines is 1. The highest BCUT2D eigenvalue weighted by Gasteiger charge is 2.43. The van der Waals surface area contributed by atoms with Crippen LogP contribution in [0.3, 0.4) is 0 Å². The number of piperidine rings is 1. The Kier molecular flexibility index (Phi) is 7.76. The van der Waals surface area contributed by atoms with Crippen molar-refractivity contribution in [3.8, 4) is 5.88 Å². The number of hydrogen-bond acceptors (Lipinski definition) is 9. The first-order chi connectivity index (χ1) is 19.1. The van der Waals surface area contributed by atoms with Crippen LogP contribution in [0.15, 0.2) is 30.5 Å². The van der Waals surface area contributed by atoms with Gasteiger partial charge in [0.15, 0.2) is 0 Å².